The highest BCUT2D eigenvalue weighted by Crippen LogP contribution is 2.31. The Morgan fingerprint density at radius 2 is 2.14 bits per heavy atom. The van der Waals surface area contributed by atoms with Crippen molar-refractivity contribution in [2.24, 2.45) is 0 Å². The molecule has 2 aromatic heterocycles. The van der Waals surface area contributed by atoms with Crippen LogP contribution in [0.2, 0.25) is 0 Å². The summed E-state index contributed by atoms with van der Waals surface area (Å²) in [6, 6.07) is 10.5. The number of nitrogens with zero attached hydrogens (tertiary/aromatic N) is 2. The number of rotatable bonds is 6. The fourth-order valence-corrected chi connectivity index (χ4v) is 4.02. The molecule has 1 aliphatic rings. The number of aromatic amines is 1. The molecule has 4 rings (SSSR count). The van der Waals surface area contributed by atoms with Crippen LogP contribution in [0, 0.1) is 5.82 Å². The minimum Gasteiger partial charge on any atom is -0.355 e. The molecule has 1 atom stereocenters. The first-order valence-corrected chi connectivity index (χ1v) is 9.84. The third-order valence-electron chi connectivity index (χ3n) is 5.44. The zero-order valence-corrected chi connectivity index (χ0v) is 15.8. The highest BCUT2D eigenvalue weighted by atomic mass is 19.1. The Bertz CT molecular complexity index is 937. The largest absolute Gasteiger partial charge is 0.355 e. The van der Waals surface area contributed by atoms with Gasteiger partial charge in [0.2, 0.25) is 5.91 Å². The van der Waals surface area contributed by atoms with Gasteiger partial charge in [-0.05, 0) is 67.1 Å². The summed E-state index contributed by atoms with van der Waals surface area (Å²) in [7, 11) is 0. The molecule has 5 nitrogen and oxygen atoms in total. The van der Waals surface area contributed by atoms with Crippen LogP contribution in [-0.4, -0.2) is 47.0 Å². The second kappa shape index (κ2) is 8.52. The summed E-state index contributed by atoms with van der Waals surface area (Å²) in [6.45, 7) is 2.81. The molecule has 1 amide bonds. The predicted molar refractivity (Wildman–Crippen MR) is 108 cm³/mol. The number of benzene rings is 1. The molecular weight excluding hydrogens is 355 g/mol. The molecule has 0 bridgehead atoms. The number of pyridine rings is 1. The third-order valence-corrected chi connectivity index (χ3v) is 5.44. The number of fused-ring (bicyclic) bond motifs is 1. The van der Waals surface area contributed by atoms with Crippen molar-refractivity contribution in [3.8, 4) is 0 Å². The van der Waals surface area contributed by atoms with Gasteiger partial charge in [0.25, 0.3) is 0 Å². The van der Waals surface area contributed by atoms with Crippen LogP contribution in [-0.2, 0) is 11.2 Å². The molecule has 2 N–H and O–H groups in total. The Morgan fingerprint density at radius 1 is 1.29 bits per heavy atom. The molecule has 28 heavy (non-hydrogen) atoms. The van der Waals surface area contributed by atoms with Gasteiger partial charge in [-0.3, -0.25) is 9.69 Å². The van der Waals surface area contributed by atoms with Crippen molar-refractivity contribution in [3.63, 3.8) is 0 Å². The SMILES string of the molecule is O=C(CN1CCCC(c2c[nH]c3ncccc23)C1)NCCc1ccc(F)cc1. The summed E-state index contributed by atoms with van der Waals surface area (Å²) in [6.07, 6.45) is 6.78. The smallest absolute Gasteiger partial charge is 0.234 e. The zero-order valence-electron chi connectivity index (χ0n) is 15.8. The van der Waals surface area contributed by atoms with E-state index >= 15 is 0 Å². The fourth-order valence-electron chi connectivity index (χ4n) is 4.02. The molecule has 0 saturated carbocycles. The second-order valence-corrected chi connectivity index (χ2v) is 7.44. The predicted octanol–water partition coefficient (Wildman–Crippen LogP) is 3.24. The quantitative estimate of drug-likeness (QED) is 0.690. The van der Waals surface area contributed by atoms with E-state index in [1.54, 1.807) is 18.3 Å². The van der Waals surface area contributed by atoms with Crippen LogP contribution in [0.5, 0.6) is 0 Å². The van der Waals surface area contributed by atoms with Crippen LogP contribution >= 0.6 is 0 Å². The summed E-state index contributed by atoms with van der Waals surface area (Å²) >= 11 is 0. The molecule has 1 saturated heterocycles. The molecule has 1 aliphatic heterocycles. The monoisotopic (exact) mass is 380 g/mol. The van der Waals surface area contributed by atoms with Crippen LogP contribution in [0.1, 0.15) is 29.9 Å². The standard InChI is InChI=1S/C22H25FN4O/c23-18-7-5-16(6-8-18)9-11-24-21(28)15-27-12-2-3-17(14-27)20-13-26-22-19(20)4-1-10-25-22/h1,4-8,10,13,17H,2-3,9,11-12,14-15H2,(H,24,28)(H,25,26). The van der Waals surface area contributed by atoms with Crippen molar-refractivity contribution in [2.75, 3.05) is 26.2 Å². The van der Waals surface area contributed by atoms with E-state index in [1.165, 1.54) is 23.1 Å². The summed E-state index contributed by atoms with van der Waals surface area (Å²) in [5, 5.41) is 4.16. The maximum Gasteiger partial charge on any atom is 0.234 e. The van der Waals surface area contributed by atoms with E-state index in [9.17, 15) is 9.18 Å². The number of amides is 1. The van der Waals surface area contributed by atoms with E-state index in [0.717, 1.165) is 37.1 Å². The van der Waals surface area contributed by atoms with Crippen molar-refractivity contribution in [3.05, 3.63) is 65.7 Å². The normalized spacial score (nSPS) is 17.7. The summed E-state index contributed by atoms with van der Waals surface area (Å²) in [5.74, 6) is 0.223. The van der Waals surface area contributed by atoms with Crippen molar-refractivity contribution >= 4 is 16.9 Å². The number of carbonyl (C=O) groups excluding carboxylic acids is 1. The van der Waals surface area contributed by atoms with Gasteiger partial charge in [-0.25, -0.2) is 9.37 Å². The molecule has 3 aromatic rings. The summed E-state index contributed by atoms with van der Waals surface area (Å²) in [4.78, 5) is 22.2. The first-order chi connectivity index (χ1) is 13.7. The molecule has 1 fully saturated rings. The number of H-pyrrole nitrogens is 1. The highest BCUT2D eigenvalue weighted by molar-refractivity contribution is 5.80. The van der Waals surface area contributed by atoms with Gasteiger partial charge >= 0.3 is 0 Å². The summed E-state index contributed by atoms with van der Waals surface area (Å²) in [5.41, 5.74) is 3.24. The van der Waals surface area contributed by atoms with E-state index in [0.29, 0.717) is 25.4 Å². The number of nitrogens with one attached hydrogen (secondary N) is 2. The minimum absolute atomic E-state index is 0.0448. The second-order valence-electron chi connectivity index (χ2n) is 7.44. The number of hydrogen-bond acceptors (Lipinski definition) is 3. The fraction of sp³-hybridized carbons (Fsp3) is 0.364. The molecule has 0 spiro atoms. The van der Waals surface area contributed by atoms with E-state index in [-0.39, 0.29) is 11.7 Å². The molecule has 146 valence electrons. The van der Waals surface area contributed by atoms with Gasteiger partial charge in [0.15, 0.2) is 0 Å². The van der Waals surface area contributed by atoms with E-state index < -0.39 is 0 Å². The highest BCUT2D eigenvalue weighted by Gasteiger charge is 2.24. The number of piperidine rings is 1. The van der Waals surface area contributed by atoms with Crippen molar-refractivity contribution in [1.82, 2.24) is 20.2 Å². The van der Waals surface area contributed by atoms with E-state index in [2.05, 4.69) is 32.4 Å². The Labute approximate surface area is 164 Å². The van der Waals surface area contributed by atoms with Crippen LogP contribution in [0.3, 0.4) is 0 Å². The lowest BCUT2D eigenvalue weighted by Crippen LogP contribution is -2.42. The minimum atomic E-state index is -0.238. The number of carbonyl (C=O) groups is 1. The Morgan fingerprint density at radius 3 is 3.00 bits per heavy atom. The lowest BCUT2D eigenvalue weighted by Gasteiger charge is -2.32. The van der Waals surface area contributed by atoms with Crippen LogP contribution < -0.4 is 5.32 Å². The van der Waals surface area contributed by atoms with Gasteiger partial charge in [-0.2, -0.15) is 0 Å². The van der Waals surface area contributed by atoms with Crippen LogP contribution in [0.25, 0.3) is 11.0 Å². The lowest BCUT2D eigenvalue weighted by atomic mass is 9.90. The lowest BCUT2D eigenvalue weighted by molar-refractivity contribution is -0.122. The Hall–Kier alpha value is -2.73. The third kappa shape index (κ3) is 4.39. The number of halogens is 1. The van der Waals surface area contributed by atoms with Gasteiger partial charge < -0.3 is 10.3 Å². The molecule has 6 heteroatoms. The Balaban J connectivity index is 1.28. The van der Waals surface area contributed by atoms with Crippen LogP contribution in [0.4, 0.5) is 4.39 Å². The molecule has 0 radical (unpaired) electrons. The topological polar surface area (TPSA) is 61.0 Å². The van der Waals surface area contributed by atoms with Crippen molar-refractivity contribution < 1.29 is 9.18 Å². The average molecular weight is 380 g/mol. The van der Waals surface area contributed by atoms with Crippen LogP contribution in [0.15, 0.2) is 48.8 Å². The summed E-state index contributed by atoms with van der Waals surface area (Å²) < 4.78 is 12.9. The first-order valence-electron chi connectivity index (χ1n) is 9.84. The van der Waals surface area contributed by atoms with E-state index in [4.69, 9.17) is 0 Å². The first kappa shape index (κ1) is 18.6. The van der Waals surface area contributed by atoms with Gasteiger partial charge in [0.05, 0.1) is 6.54 Å². The maximum absolute atomic E-state index is 12.9. The van der Waals surface area contributed by atoms with Gasteiger partial charge in [0, 0.05) is 30.9 Å². The zero-order chi connectivity index (χ0) is 19.3. The Kier molecular flexibility index (Phi) is 5.67. The van der Waals surface area contributed by atoms with E-state index in [1.807, 2.05) is 6.07 Å². The maximum atomic E-state index is 12.9. The molecule has 1 aromatic carbocycles. The molecule has 0 aliphatic carbocycles. The molecule has 3 heterocycles. The molecule has 1 unspecified atom stereocenters. The van der Waals surface area contributed by atoms with Gasteiger partial charge in [-0.1, -0.05) is 12.1 Å². The van der Waals surface area contributed by atoms with Gasteiger partial charge in [0.1, 0.15) is 11.5 Å². The number of aromatic nitrogens is 2. The molecular formula is C22H25FN4O. The van der Waals surface area contributed by atoms with Crippen molar-refractivity contribution in [2.45, 2.75) is 25.2 Å². The van der Waals surface area contributed by atoms with Crippen molar-refractivity contribution in [1.29, 1.82) is 0 Å². The number of hydrogen-bond donors (Lipinski definition) is 2. The number of likely N-dealkylation sites (tertiary alicyclic amines) is 1. The average Bonchev–Trinajstić information content (AvgIpc) is 3.14. The van der Waals surface area contributed by atoms with Gasteiger partial charge in [-0.15, -0.1) is 0 Å².